The third-order valence-electron chi connectivity index (χ3n) is 15.9. The molecule has 0 N–H and O–H groups in total. The highest BCUT2D eigenvalue weighted by Gasteiger charge is 2.17. The first kappa shape index (κ1) is 55.9. The highest BCUT2D eigenvalue weighted by Crippen LogP contribution is 2.28. The van der Waals surface area contributed by atoms with Crippen LogP contribution in [0.1, 0.15) is 55.5 Å². The fraction of sp³-hybridized carbons (Fsp3) is 0.160. The van der Waals surface area contributed by atoms with Gasteiger partial charge in [0.2, 0.25) is 22.8 Å². The molecule has 0 amide bonds. The molecule has 0 spiro atoms. The molecule has 0 bridgehead atoms. The summed E-state index contributed by atoms with van der Waals surface area (Å²) in [5, 5.41) is 0. The Labute approximate surface area is 511 Å². The second-order valence-electron chi connectivity index (χ2n) is 22.3. The lowest BCUT2D eigenvalue weighted by molar-refractivity contribution is -0.660. The van der Waals surface area contributed by atoms with E-state index in [1.807, 2.05) is 31.3 Å². The molecule has 4 nitrogen and oxygen atoms in total. The number of hydrogen-bond acceptors (Lipinski definition) is 0. The molecule has 4 heterocycles. The van der Waals surface area contributed by atoms with Gasteiger partial charge in [-0.2, -0.15) is 0 Å². The van der Waals surface area contributed by atoms with Gasteiger partial charge in [-0.15, -0.1) is 0 Å². The highest BCUT2D eigenvalue weighted by atomic mass is 14.9. The minimum atomic E-state index is -2.06. The molecule has 422 valence electrons. The summed E-state index contributed by atoms with van der Waals surface area (Å²) < 4.78 is 31.1. The standard InChI is InChI=1S/C21H22N.3C20H20N/c1-4-17-9-11-18(12-10-17)19-13-14-21(22(3)15-19)20-8-6-5-7-16(20)2;1-15-7-6-9-17(13-15)18-11-12-20(21(3)14-18)19-10-5-4-8-16(19)2;2*1-15-8-10-17(11-9-15)18-12-13-20(21(3)14-18)19-7-5-4-6-16(19)2/h5-15H,4H2,1-3H3;3*4-14H,1-3H3/q4*+1/i;;1D3;. The lowest BCUT2D eigenvalue weighted by Gasteiger charge is -2.06. The van der Waals surface area contributed by atoms with Crippen LogP contribution in [-0.4, -0.2) is 0 Å². The van der Waals surface area contributed by atoms with E-state index in [1.165, 1.54) is 112 Å². The van der Waals surface area contributed by atoms with Crippen molar-refractivity contribution in [3.05, 3.63) is 312 Å². The maximum atomic E-state index is 7.45. The van der Waals surface area contributed by atoms with Crippen molar-refractivity contribution in [2.45, 2.75) is 61.7 Å². The van der Waals surface area contributed by atoms with Crippen LogP contribution in [-0.2, 0) is 34.6 Å². The Bertz CT molecular complexity index is 4330. The van der Waals surface area contributed by atoms with Crippen LogP contribution in [0, 0.1) is 48.4 Å². The van der Waals surface area contributed by atoms with Crippen LogP contribution in [0.2, 0.25) is 0 Å². The van der Waals surface area contributed by atoms with Crippen molar-refractivity contribution in [2.24, 2.45) is 28.2 Å². The topological polar surface area (TPSA) is 15.5 Å². The zero-order valence-electron chi connectivity index (χ0n) is 54.4. The summed E-state index contributed by atoms with van der Waals surface area (Å²) in [7, 11) is 8.37. The lowest BCUT2D eigenvalue weighted by atomic mass is 10.0. The maximum Gasteiger partial charge on any atom is 0.212 e. The number of pyridine rings is 4. The van der Waals surface area contributed by atoms with Crippen molar-refractivity contribution >= 4 is 0 Å². The Morgan fingerprint density at radius 2 is 0.565 bits per heavy atom. The number of aromatic nitrogens is 4. The van der Waals surface area contributed by atoms with Gasteiger partial charge in [-0.3, -0.25) is 0 Å². The first-order valence-corrected chi connectivity index (χ1v) is 29.4. The molecule has 0 aliphatic carbocycles. The Hall–Kier alpha value is -9.64. The number of nitrogens with zero attached hydrogens (tertiary/aromatic N) is 4. The van der Waals surface area contributed by atoms with Gasteiger partial charge in [0.15, 0.2) is 24.8 Å². The zero-order valence-corrected chi connectivity index (χ0v) is 51.4. The molecule has 0 aliphatic rings. The molecule has 0 saturated heterocycles. The molecule has 4 aromatic heterocycles. The van der Waals surface area contributed by atoms with Crippen molar-refractivity contribution < 1.29 is 22.4 Å². The summed E-state index contributed by atoms with van der Waals surface area (Å²) in [6, 6.07) is 84.5. The molecule has 0 saturated carbocycles. The molecule has 12 rings (SSSR count). The molecule has 0 unspecified atom stereocenters. The van der Waals surface area contributed by atoms with Crippen molar-refractivity contribution in [1.29, 1.82) is 0 Å². The van der Waals surface area contributed by atoms with Crippen molar-refractivity contribution in [1.82, 2.24) is 0 Å². The van der Waals surface area contributed by atoms with E-state index >= 15 is 0 Å². The summed E-state index contributed by atoms with van der Waals surface area (Å²) in [5.74, 6) is 0. The van der Waals surface area contributed by atoms with E-state index in [9.17, 15) is 0 Å². The molecule has 8 aromatic carbocycles. The second kappa shape index (κ2) is 28.1. The van der Waals surface area contributed by atoms with Crippen LogP contribution in [0.4, 0.5) is 0 Å². The molecule has 0 fully saturated rings. The molecular formula is C81H82N4+4. The fourth-order valence-corrected chi connectivity index (χ4v) is 10.8. The number of hydrogen-bond donors (Lipinski definition) is 0. The molecular weight excluding hydrogens is 1030 g/mol. The van der Waals surface area contributed by atoms with E-state index in [-0.39, 0.29) is 0 Å². The number of benzene rings is 8. The largest absolute Gasteiger partial charge is 0.212 e. The summed E-state index contributed by atoms with van der Waals surface area (Å²) in [4.78, 5) is 0. The van der Waals surface area contributed by atoms with Gasteiger partial charge in [-0.05, 0) is 153 Å². The van der Waals surface area contributed by atoms with Crippen molar-refractivity contribution in [2.75, 3.05) is 0 Å². The molecule has 85 heavy (non-hydrogen) atoms. The molecule has 4 heteroatoms. The molecule has 0 atom stereocenters. The smallest absolute Gasteiger partial charge is 0.200 e. The van der Waals surface area contributed by atoms with Gasteiger partial charge < -0.3 is 0 Å². The Morgan fingerprint density at radius 3 is 0.859 bits per heavy atom. The van der Waals surface area contributed by atoms with E-state index in [0.717, 1.165) is 23.2 Å². The first-order chi connectivity index (χ1) is 42.3. The van der Waals surface area contributed by atoms with Crippen molar-refractivity contribution in [3.63, 3.8) is 0 Å². The van der Waals surface area contributed by atoms with Gasteiger partial charge in [0.1, 0.15) is 28.2 Å². The first-order valence-electron chi connectivity index (χ1n) is 30.9. The monoisotopic (exact) mass is 1110 g/mol. The van der Waals surface area contributed by atoms with Gasteiger partial charge in [0.05, 0.1) is 0 Å². The van der Waals surface area contributed by atoms with Crippen LogP contribution in [0.5, 0.6) is 0 Å². The van der Waals surface area contributed by atoms with E-state index in [2.05, 4.69) is 319 Å². The van der Waals surface area contributed by atoms with Gasteiger partial charge in [-0.25, -0.2) is 18.3 Å². The number of aryl methyl sites for hydroxylation is 12. The molecule has 0 aliphatic heterocycles. The van der Waals surface area contributed by atoms with Crippen LogP contribution in [0.15, 0.2) is 267 Å². The zero-order chi connectivity index (χ0) is 62.5. The highest BCUT2D eigenvalue weighted by molar-refractivity contribution is 5.70. The Kier molecular flexibility index (Phi) is 18.5. The van der Waals surface area contributed by atoms with E-state index < -0.39 is 6.85 Å². The summed E-state index contributed by atoms with van der Waals surface area (Å²) >= 11 is 0. The van der Waals surface area contributed by atoms with Crippen molar-refractivity contribution in [3.8, 4) is 89.5 Å². The van der Waals surface area contributed by atoms with Gasteiger partial charge in [0, 0.05) is 72.9 Å². The average Bonchev–Trinajstić information content (AvgIpc) is 2.90. The molecule has 12 aromatic rings. The van der Waals surface area contributed by atoms with Gasteiger partial charge in [0.25, 0.3) is 0 Å². The second-order valence-corrected chi connectivity index (χ2v) is 22.3. The van der Waals surface area contributed by atoms with Crippen LogP contribution >= 0.6 is 0 Å². The van der Waals surface area contributed by atoms with E-state index in [0.29, 0.717) is 5.56 Å². The average molecular weight is 1110 g/mol. The normalized spacial score (nSPS) is 11.3. The van der Waals surface area contributed by atoms with E-state index in [4.69, 9.17) is 4.11 Å². The minimum Gasteiger partial charge on any atom is -0.200 e. The minimum absolute atomic E-state index is 0.368. The summed E-state index contributed by atoms with van der Waals surface area (Å²) in [6.45, 7) is 13.0. The lowest BCUT2D eigenvalue weighted by Crippen LogP contribution is -2.30. The van der Waals surface area contributed by atoms with Crippen LogP contribution < -0.4 is 18.3 Å². The Balaban J connectivity index is 0.000000140. The predicted octanol–water partition coefficient (Wildman–Crippen LogP) is 18.1. The maximum absolute atomic E-state index is 7.45. The van der Waals surface area contributed by atoms with Crippen LogP contribution in [0.3, 0.4) is 0 Å². The quantitative estimate of drug-likeness (QED) is 0.128. The fourth-order valence-electron chi connectivity index (χ4n) is 10.8. The Morgan fingerprint density at radius 1 is 0.271 bits per heavy atom. The third kappa shape index (κ3) is 15.1. The summed E-state index contributed by atoms with van der Waals surface area (Å²) in [6.07, 6.45) is 9.78. The molecule has 0 radical (unpaired) electrons. The van der Waals surface area contributed by atoms with Gasteiger partial charge >= 0.3 is 0 Å². The van der Waals surface area contributed by atoms with Gasteiger partial charge in [-0.1, -0.05) is 193 Å². The third-order valence-corrected chi connectivity index (χ3v) is 15.9. The van der Waals surface area contributed by atoms with E-state index in [1.54, 1.807) is 12.1 Å². The number of rotatable bonds is 9. The summed E-state index contributed by atoms with van der Waals surface area (Å²) in [5.41, 5.74) is 29.0. The predicted molar refractivity (Wildman–Crippen MR) is 356 cm³/mol. The SMILES string of the molecule is CCc1ccc(-c2ccc(-c3ccccc3C)[n+](C)c2)cc1.Cc1ccc(-c2ccc(-c3ccccc3C)[n+](C)c2)cc1.Cc1cccc(-c2ccc(-c3ccccc3C)[n+](C)c2)c1.[2H]C([2H])([2H])c1ccc(-c2ccc(-c3ccccc3C)[n+](C)c2)cc1. The van der Waals surface area contributed by atoms with Crippen LogP contribution in [0.25, 0.3) is 89.5 Å².